The lowest BCUT2D eigenvalue weighted by Crippen LogP contribution is -2.27. The van der Waals surface area contributed by atoms with Crippen molar-refractivity contribution in [3.05, 3.63) is 101 Å². The Balaban J connectivity index is 1.67. The highest BCUT2D eigenvalue weighted by Gasteiger charge is 2.36. The van der Waals surface area contributed by atoms with Crippen molar-refractivity contribution < 1.29 is 32.4 Å². The molecule has 0 N–H and O–H groups in total. The van der Waals surface area contributed by atoms with Crippen molar-refractivity contribution in [1.29, 1.82) is 0 Å². The number of imide groups is 1. The van der Waals surface area contributed by atoms with Crippen molar-refractivity contribution >= 4 is 66.5 Å². The summed E-state index contributed by atoms with van der Waals surface area (Å²) < 4.78 is 46.1. The van der Waals surface area contributed by atoms with Gasteiger partial charge in [0.25, 0.3) is 11.1 Å². The molecule has 0 unspecified atom stereocenters. The van der Waals surface area contributed by atoms with Gasteiger partial charge in [-0.2, -0.15) is 13.2 Å². The fourth-order valence-corrected chi connectivity index (χ4v) is 4.96. The Morgan fingerprint density at radius 2 is 1.73 bits per heavy atom. The molecule has 7 nitrogen and oxygen atoms in total. The Morgan fingerprint density at radius 1 is 1.03 bits per heavy atom. The molecule has 0 aromatic heterocycles. The topological polar surface area (TPSA) is 89.7 Å². The van der Waals surface area contributed by atoms with Crippen LogP contribution in [0.2, 0.25) is 0 Å². The number of rotatable bonds is 6. The molecule has 3 aromatic rings. The number of benzene rings is 3. The van der Waals surface area contributed by atoms with Gasteiger partial charge in [-0.15, -0.1) is 0 Å². The summed E-state index contributed by atoms with van der Waals surface area (Å²) in [6.45, 7) is 0.0447. The lowest BCUT2D eigenvalue weighted by atomic mass is 10.1. The largest absolute Gasteiger partial charge is 0.449 e. The molecule has 190 valence electrons. The van der Waals surface area contributed by atoms with E-state index < -0.39 is 39.2 Å². The van der Waals surface area contributed by atoms with Crippen LogP contribution < -0.4 is 4.74 Å². The maximum Gasteiger partial charge on any atom is 0.416 e. The lowest BCUT2D eigenvalue weighted by Gasteiger charge is -2.14. The molecule has 13 heteroatoms. The third-order valence-corrected chi connectivity index (χ3v) is 7.30. The summed E-state index contributed by atoms with van der Waals surface area (Å²) in [5.74, 6) is -0.933. The van der Waals surface area contributed by atoms with E-state index in [-0.39, 0.29) is 22.8 Å². The average molecular weight is 658 g/mol. The van der Waals surface area contributed by atoms with E-state index >= 15 is 0 Å². The van der Waals surface area contributed by atoms with E-state index in [9.17, 15) is 32.9 Å². The lowest BCUT2D eigenvalue weighted by molar-refractivity contribution is -0.385. The molecule has 1 fully saturated rings. The number of hydrogen-bond donors (Lipinski definition) is 0. The Labute approximate surface area is 228 Å². The molecule has 0 spiro atoms. The molecule has 1 aliphatic rings. The highest BCUT2D eigenvalue weighted by Crippen LogP contribution is 2.41. The maximum atomic E-state index is 13.0. The van der Waals surface area contributed by atoms with E-state index in [1.807, 2.05) is 0 Å². The third-order valence-electron chi connectivity index (χ3n) is 5.12. The molecule has 2 amide bonds. The summed E-state index contributed by atoms with van der Waals surface area (Å²) in [5.41, 5.74) is -1.07. The number of ether oxygens (including phenoxy) is 1. The van der Waals surface area contributed by atoms with Crippen LogP contribution in [0.5, 0.6) is 11.5 Å². The van der Waals surface area contributed by atoms with Gasteiger partial charge in [-0.05, 0) is 59.8 Å². The highest BCUT2D eigenvalue weighted by atomic mass is 79.9. The van der Waals surface area contributed by atoms with E-state index in [4.69, 9.17) is 4.74 Å². The molecular weight excluding hydrogens is 645 g/mol. The first-order chi connectivity index (χ1) is 17.4. The van der Waals surface area contributed by atoms with Crippen molar-refractivity contribution in [2.24, 2.45) is 0 Å². The Bertz CT molecular complexity index is 1460. The van der Waals surface area contributed by atoms with Gasteiger partial charge in [0.2, 0.25) is 5.75 Å². The summed E-state index contributed by atoms with van der Waals surface area (Å²) in [5, 5.41) is 11.0. The minimum absolute atomic E-state index is 0.0312. The SMILES string of the molecule is O=C1S/C(=C\c2cc(Br)ccc2Oc2ccc(C(F)(F)F)cc2[N+](=O)[O-])C(=O)N1Cc1ccccc1Br. The number of carbonyl (C=O) groups excluding carboxylic acids is 2. The molecule has 0 radical (unpaired) electrons. The second-order valence-electron chi connectivity index (χ2n) is 7.58. The molecule has 3 aromatic carbocycles. The molecule has 0 saturated carbocycles. The van der Waals surface area contributed by atoms with E-state index in [0.717, 1.165) is 21.0 Å². The normalized spacial score (nSPS) is 14.9. The zero-order chi connectivity index (χ0) is 26.9. The van der Waals surface area contributed by atoms with Gasteiger partial charge in [0.05, 0.1) is 21.9 Å². The van der Waals surface area contributed by atoms with Crippen molar-refractivity contribution in [1.82, 2.24) is 4.90 Å². The summed E-state index contributed by atoms with van der Waals surface area (Å²) in [6, 6.07) is 13.6. The first-order valence-corrected chi connectivity index (χ1v) is 12.7. The van der Waals surface area contributed by atoms with Gasteiger partial charge >= 0.3 is 11.9 Å². The monoisotopic (exact) mass is 656 g/mol. The van der Waals surface area contributed by atoms with Crippen LogP contribution in [-0.4, -0.2) is 21.0 Å². The van der Waals surface area contributed by atoms with Crippen molar-refractivity contribution in [2.75, 3.05) is 0 Å². The van der Waals surface area contributed by atoms with Crippen molar-refractivity contribution in [3.63, 3.8) is 0 Å². The number of alkyl halides is 3. The molecule has 0 aliphatic carbocycles. The smallest absolute Gasteiger partial charge is 0.416 e. The number of thioether (sulfide) groups is 1. The fourth-order valence-electron chi connectivity index (χ4n) is 3.34. The van der Waals surface area contributed by atoms with Crippen molar-refractivity contribution in [2.45, 2.75) is 12.7 Å². The molecular formula is C24H13Br2F3N2O5S. The first kappa shape index (κ1) is 26.9. The molecule has 1 aliphatic heterocycles. The third kappa shape index (κ3) is 6.05. The molecule has 0 atom stereocenters. The van der Waals surface area contributed by atoms with Crippen LogP contribution in [0.25, 0.3) is 6.08 Å². The second-order valence-corrected chi connectivity index (χ2v) is 10.3. The standard InChI is InChI=1S/C24H13Br2F3N2O5S/c25-16-6-8-19(36-20-7-5-15(24(27,28)29)11-18(20)31(34)35)14(9-16)10-21-22(32)30(23(33)37-21)12-13-3-1-2-4-17(13)26/h1-11H,12H2/b21-10-. The summed E-state index contributed by atoms with van der Waals surface area (Å²) in [6.07, 6.45) is -3.38. The number of nitro benzene ring substituents is 1. The van der Waals surface area contributed by atoms with Gasteiger partial charge in [0.1, 0.15) is 5.75 Å². The molecule has 4 rings (SSSR count). The van der Waals surface area contributed by atoms with Crippen LogP contribution in [0.1, 0.15) is 16.7 Å². The summed E-state index contributed by atoms with van der Waals surface area (Å²) in [7, 11) is 0. The van der Waals surface area contributed by atoms with Crippen molar-refractivity contribution in [3.8, 4) is 11.5 Å². The Hall–Kier alpha value is -3.16. The van der Waals surface area contributed by atoms with Crippen LogP contribution in [0.4, 0.5) is 23.7 Å². The quantitative estimate of drug-likeness (QED) is 0.151. The zero-order valence-corrected chi connectivity index (χ0v) is 22.3. The van der Waals surface area contributed by atoms with Crippen LogP contribution in [0.3, 0.4) is 0 Å². The maximum absolute atomic E-state index is 13.0. The fraction of sp³-hybridized carbons (Fsp3) is 0.0833. The highest BCUT2D eigenvalue weighted by molar-refractivity contribution is 9.10. The average Bonchev–Trinajstić information content (AvgIpc) is 3.08. The zero-order valence-electron chi connectivity index (χ0n) is 18.3. The van der Waals surface area contributed by atoms with Gasteiger partial charge in [0.15, 0.2) is 0 Å². The Morgan fingerprint density at radius 3 is 2.41 bits per heavy atom. The van der Waals surface area contributed by atoms with Gasteiger partial charge < -0.3 is 4.74 Å². The Kier molecular flexibility index (Phi) is 7.76. The van der Waals surface area contributed by atoms with Gasteiger partial charge in [-0.25, -0.2) is 0 Å². The van der Waals surface area contributed by atoms with E-state index in [0.29, 0.717) is 28.4 Å². The minimum Gasteiger partial charge on any atom is -0.449 e. The first-order valence-electron chi connectivity index (χ1n) is 10.3. The molecule has 1 saturated heterocycles. The number of amides is 2. The number of nitro groups is 1. The van der Waals surface area contributed by atoms with Crippen LogP contribution >= 0.6 is 43.6 Å². The molecule has 37 heavy (non-hydrogen) atoms. The predicted molar refractivity (Wildman–Crippen MR) is 138 cm³/mol. The molecule has 0 bridgehead atoms. The van der Waals surface area contributed by atoms with Gasteiger partial charge in [-0.3, -0.25) is 24.6 Å². The molecule has 1 heterocycles. The summed E-state index contributed by atoms with van der Waals surface area (Å²) in [4.78, 5) is 37.2. The van der Waals surface area contributed by atoms with Crippen LogP contribution in [-0.2, 0) is 17.5 Å². The van der Waals surface area contributed by atoms with E-state index in [1.165, 1.54) is 12.1 Å². The number of halogens is 5. The van der Waals surface area contributed by atoms with E-state index in [1.54, 1.807) is 36.4 Å². The number of carbonyl (C=O) groups is 2. The number of hydrogen-bond acceptors (Lipinski definition) is 6. The van der Waals surface area contributed by atoms with Gasteiger partial charge in [0, 0.05) is 20.6 Å². The predicted octanol–water partition coefficient (Wildman–Crippen LogP) is 8.17. The minimum atomic E-state index is -4.77. The van der Waals surface area contributed by atoms with Crippen LogP contribution in [0, 0.1) is 10.1 Å². The van der Waals surface area contributed by atoms with Crippen LogP contribution in [0.15, 0.2) is 74.5 Å². The van der Waals surface area contributed by atoms with E-state index in [2.05, 4.69) is 31.9 Å². The van der Waals surface area contributed by atoms with Gasteiger partial charge in [-0.1, -0.05) is 50.1 Å². The summed E-state index contributed by atoms with van der Waals surface area (Å²) >= 11 is 7.40. The number of nitrogens with zero attached hydrogens (tertiary/aromatic N) is 2. The second kappa shape index (κ2) is 10.7.